The smallest absolute Gasteiger partial charge is 0.416 e. The number of carboxylic acid groups (broad SMARTS) is 1. The summed E-state index contributed by atoms with van der Waals surface area (Å²) in [5.41, 5.74) is 6.66. The summed E-state index contributed by atoms with van der Waals surface area (Å²) in [5.74, 6) is -2.91. The minimum atomic E-state index is -4.76. The first kappa shape index (κ1) is 12.8. The molecule has 1 aromatic rings. The average molecular weight is 248 g/mol. The number of alkyl halides is 3. The van der Waals surface area contributed by atoms with Gasteiger partial charge in [0.2, 0.25) is 0 Å². The Hall–Kier alpha value is -2.25. The minimum Gasteiger partial charge on any atom is -0.478 e. The molecule has 1 aromatic carbocycles. The van der Waals surface area contributed by atoms with Gasteiger partial charge in [0.05, 0.1) is 16.7 Å². The van der Waals surface area contributed by atoms with Crippen LogP contribution in [0.1, 0.15) is 26.3 Å². The van der Waals surface area contributed by atoms with Gasteiger partial charge in [-0.15, -0.1) is 0 Å². The van der Waals surface area contributed by atoms with Gasteiger partial charge in [0.15, 0.2) is 0 Å². The molecule has 1 amide bonds. The fraction of sp³-hybridized carbons (Fsp3) is 0.111. The van der Waals surface area contributed by atoms with Gasteiger partial charge in [0.25, 0.3) is 5.91 Å². The summed E-state index contributed by atoms with van der Waals surface area (Å²) in [6.45, 7) is 0. The molecule has 0 aliphatic heterocycles. The monoisotopic (exact) mass is 248 g/mol. The summed E-state index contributed by atoms with van der Waals surface area (Å²) in [7, 11) is 0. The van der Waals surface area contributed by atoms with Gasteiger partial charge in [-0.2, -0.15) is 13.2 Å². The van der Waals surface area contributed by atoms with Crippen molar-refractivity contribution in [2.45, 2.75) is 6.18 Å². The molecule has 0 aliphatic rings. The summed E-state index contributed by atoms with van der Waals surface area (Å²) in [6.07, 6.45) is -4.76. The van der Waals surface area contributed by atoms with E-state index in [4.69, 9.17) is 16.6 Å². The molecular formula is C9H7F3N2O3. The Bertz CT molecular complexity index is 497. The van der Waals surface area contributed by atoms with Crippen molar-refractivity contribution >= 4 is 17.6 Å². The summed E-state index contributed by atoms with van der Waals surface area (Å²) in [4.78, 5) is 21.6. The lowest BCUT2D eigenvalue weighted by Gasteiger charge is -2.12. The van der Waals surface area contributed by atoms with Crippen molar-refractivity contribution < 1.29 is 27.9 Å². The van der Waals surface area contributed by atoms with Crippen LogP contribution >= 0.6 is 0 Å². The molecular weight excluding hydrogens is 241 g/mol. The number of carboxylic acids is 1. The van der Waals surface area contributed by atoms with Gasteiger partial charge in [-0.05, 0) is 12.1 Å². The van der Waals surface area contributed by atoms with Crippen molar-refractivity contribution in [3.63, 3.8) is 0 Å². The molecule has 0 atom stereocenters. The van der Waals surface area contributed by atoms with Gasteiger partial charge in [0, 0.05) is 5.69 Å². The Labute approximate surface area is 92.8 Å². The Balaban J connectivity index is 3.58. The number of primary amides is 1. The number of nitrogen functional groups attached to an aromatic ring is 1. The molecule has 17 heavy (non-hydrogen) atoms. The molecule has 0 unspecified atom stereocenters. The number of rotatable bonds is 2. The van der Waals surface area contributed by atoms with E-state index in [2.05, 4.69) is 0 Å². The number of halogens is 3. The molecule has 5 nitrogen and oxygen atoms in total. The zero-order valence-electron chi connectivity index (χ0n) is 8.21. The van der Waals surface area contributed by atoms with Crippen molar-refractivity contribution in [1.82, 2.24) is 0 Å². The van der Waals surface area contributed by atoms with Crippen LogP contribution in [0.3, 0.4) is 0 Å². The fourth-order valence-corrected chi connectivity index (χ4v) is 1.27. The maximum atomic E-state index is 12.4. The number of hydrogen-bond donors (Lipinski definition) is 3. The lowest BCUT2D eigenvalue weighted by molar-refractivity contribution is -0.137. The quantitative estimate of drug-likeness (QED) is 0.681. The van der Waals surface area contributed by atoms with Crippen LogP contribution in [0.5, 0.6) is 0 Å². The Morgan fingerprint density at radius 3 is 2.12 bits per heavy atom. The van der Waals surface area contributed by atoms with Crippen molar-refractivity contribution in [3.8, 4) is 0 Å². The van der Waals surface area contributed by atoms with E-state index >= 15 is 0 Å². The number of anilines is 1. The van der Waals surface area contributed by atoms with E-state index in [1.165, 1.54) is 0 Å². The second-order valence-electron chi connectivity index (χ2n) is 3.16. The van der Waals surface area contributed by atoms with E-state index in [0.29, 0.717) is 12.1 Å². The van der Waals surface area contributed by atoms with Gasteiger partial charge in [-0.3, -0.25) is 4.79 Å². The molecule has 0 fully saturated rings. The van der Waals surface area contributed by atoms with Crippen molar-refractivity contribution in [2.75, 3.05) is 5.73 Å². The number of nitrogens with two attached hydrogens (primary N) is 2. The third kappa shape index (κ3) is 2.47. The number of carbonyl (C=O) groups is 2. The topological polar surface area (TPSA) is 106 Å². The predicted molar refractivity (Wildman–Crippen MR) is 51.3 cm³/mol. The zero-order chi connectivity index (χ0) is 13.4. The molecule has 0 radical (unpaired) electrons. The number of aromatic carboxylic acids is 1. The van der Waals surface area contributed by atoms with Gasteiger partial charge in [-0.1, -0.05) is 0 Å². The number of benzene rings is 1. The Morgan fingerprint density at radius 1 is 1.24 bits per heavy atom. The van der Waals surface area contributed by atoms with Crippen LogP contribution in [0.15, 0.2) is 12.1 Å². The Morgan fingerprint density at radius 2 is 1.76 bits per heavy atom. The number of carbonyl (C=O) groups excluding carboxylic acids is 1. The molecule has 0 spiro atoms. The van der Waals surface area contributed by atoms with Crippen LogP contribution in [0.25, 0.3) is 0 Å². The molecule has 0 aromatic heterocycles. The van der Waals surface area contributed by atoms with Crippen LogP contribution in [-0.4, -0.2) is 17.0 Å². The highest BCUT2D eigenvalue weighted by Gasteiger charge is 2.33. The number of amides is 1. The molecule has 0 saturated carbocycles. The second kappa shape index (κ2) is 3.96. The third-order valence-corrected chi connectivity index (χ3v) is 1.97. The number of hydrogen-bond acceptors (Lipinski definition) is 3. The second-order valence-corrected chi connectivity index (χ2v) is 3.16. The summed E-state index contributed by atoms with van der Waals surface area (Å²) < 4.78 is 37.1. The third-order valence-electron chi connectivity index (χ3n) is 1.97. The highest BCUT2D eigenvalue weighted by Crippen LogP contribution is 2.33. The molecule has 92 valence electrons. The lowest BCUT2D eigenvalue weighted by atomic mass is 10.0. The minimum absolute atomic E-state index is 0.318. The van der Waals surface area contributed by atoms with E-state index in [9.17, 15) is 22.8 Å². The van der Waals surface area contributed by atoms with Crippen LogP contribution < -0.4 is 11.5 Å². The van der Waals surface area contributed by atoms with Gasteiger partial charge < -0.3 is 16.6 Å². The van der Waals surface area contributed by atoms with E-state index in [1.54, 1.807) is 0 Å². The standard InChI is InChI=1S/C9H7F3N2O3/c10-9(11,12)3-1-4(8(16)17)6(7(14)15)5(13)2-3/h1-2H,13H2,(H2,14,15)(H,16,17). The average Bonchev–Trinajstić information content (AvgIpc) is 2.13. The first-order valence-electron chi connectivity index (χ1n) is 4.18. The summed E-state index contributed by atoms with van der Waals surface area (Å²) in [5, 5.41) is 8.70. The molecule has 0 saturated heterocycles. The predicted octanol–water partition coefficient (Wildman–Crippen LogP) is 1.08. The van der Waals surface area contributed by atoms with E-state index in [1.807, 2.05) is 0 Å². The summed E-state index contributed by atoms with van der Waals surface area (Å²) in [6, 6.07) is 0.783. The van der Waals surface area contributed by atoms with Gasteiger partial charge in [0.1, 0.15) is 0 Å². The molecule has 0 aliphatic carbocycles. The van der Waals surface area contributed by atoms with Crippen molar-refractivity contribution in [2.24, 2.45) is 5.73 Å². The van der Waals surface area contributed by atoms with Crippen LogP contribution in [0.2, 0.25) is 0 Å². The SMILES string of the molecule is NC(=O)c1c(N)cc(C(F)(F)F)cc1C(=O)O. The summed E-state index contributed by atoms with van der Waals surface area (Å²) >= 11 is 0. The fourth-order valence-electron chi connectivity index (χ4n) is 1.27. The maximum absolute atomic E-state index is 12.4. The molecule has 1 rings (SSSR count). The normalized spacial score (nSPS) is 11.2. The zero-order valence-corrected chi connectivity index (χ0v) is 8.21. The highest BCUT2D eigenvalue weighted by molar-refractivity contribution is 6.08. The molecule has 5 N–H and O–H groups in total. The lowest BCUT2D eigenvalue weighted by Crippen LogP contribution is -2.20. The van der Waals surface area contributed by atoms with E-state index in [-0.39, 0.29) is 0 Å². The van der Waals surface area contributed by atoms with Crippen LogP contribution in [0.4, 0.5) is 18.9 Å². The van der Waals surface area contributed by atoms with E-state index in [0.717, 1.165) is 0 Å². The molecule has 0 heterocycles. The largest absolute Gasteiger partial charge is 0.478 e. The maximum Gasteiger partial charge on any atom is 0.416 e. The van der Waals surface area contributed by atoms with E-state index < -0.39 is 40.4 Å². The molecule has 8 heteroatoms. The highest BCUT2D eigenvalue weighted by atomic mass is 19.4. The Kier molecular flexibility index (Phi) is 2.99. The van der Waals surface area contributed by atoms with Crippen LogP contribution in [-0.2, 0) is 6.18 Å². The van der Waals surface area contributed by atoms with Gasteiger partial charge in [-0.25, -0.2) is 4.79 Å². The van der Waals surface area contributed by atoms with Crippen molar-refractivity contribution in [3.05, 3.63) is 28.8 Å². The van der Waals surface area contributed by atoms with Crippen LogP contribution in [0, 0.1) is 0 Å². The first-order valence-corrected chi connectivity index (χ1v) is 4.18. The molecule has 0 bridgehead atoms. The van der Waals surface area contributed by atoms with Gasteiger partial charge >= 0.3 is 12.1 Å². The first-order chi connectivity index (χ1) is 7.64. The van der Waals surface area contributed by atoms with Crippen molar-refractivity contribution in [1.29, 1.82) is 0 Å².